The maximum atomic E-state index is 14.2. The summed E-state index contributed by atoms with van der Waals surface area (Å²) in [6.45, 7) is 0. The Hall–Kier alpha value is -3.13. The molecule has 21 heavy (non-hydrogen) atoms. The number of aromatic nitrogens is 1. The first kappa shape index (κ1) is 12.9. The smallest absolute Gasteiger partial charge is 0.150 e. The van der Waals surface area contributed by atoms with E-state index >= 15 is 0 Å². The Bertz CT molecular complexity index is 868. The average molecular weight is 278 g/mol. The quantitative estimate of drug-likeness (QED) is 0.703. The van der Waals surface area contributed by atoms with Crippen molar-refractivity contribution in [2.75, 3.05) is 11.1 Å². The van der Waals surface area contributed by atoms with Crippen LogP contribution in [0, 0.1) is 17.1 Å². The number of rotatable bonds is 2. The van der Waals surface area contributed by atoms with Gasteiger partial charge in [-0.05, 0) is 36.4 Å². The predicted octanol–water partition coefficient (Wildman–Crippen LogP) is 3.57. The van der Waals surface area contributed by atoms with Gasteiger partial charge in [0.15, 0.2) is 5.82 Å². The minimum Gasteiger partial charge on any atom is -0.398 e. The second-order valence-corrected chi connectivity index (χ2v) is 4.54. The summed E-state index contributed by atoms with van der Waals surface area (Å²) in [6, 6.07) is 13.6. The van der Waals surface area contributed by atoms with Gasteiger partial charge in [0, 0.05) is 23.0 Å². The minimum atomic E-state index is -0.485. The molecule has 0 unspecified atom stereocenters. The van der Waals surface area contributed by atoms with Crippen LogP contribution in [0.1, 0.15) is 5.56 Å². The molecule has 0 bridgehead atoms. The van der Waals surface area contributed by atoms with Crippen LogP contribution in [-0.4, -0.2) is 4.98 Å². The van der Waals surface area contributed by atoms with E-state index in [1.165, 1.54) is 6.07 Å². The zero-order valence-electron chi connectivity index (χ0n) is 11.0. The molecule has 3 rings (SSSR count). The first-order chi connectivity index (χ1) is 10.2. The van der Waals surface area contributed by atoms with Crippen LogP contribution in [-0.2, 0) is 0 Å². The van der Waals surface area contributed by atoms with E-state index in [1.807, 2.05) is 6.07 Å². The molecule has 3 aromatic rings. The third kappa shape index (κ3) is 2.35. The van der Waals surface area contributed by atoms with Crippen molar-refractivity contribution < 1.29 is 4.39 Å². The van der Waals surface area contributed by atoms with Gasteiger partial charge in [0.05, 0.1) is 17.1 Å². The number of fused-ring (bicyclic) bond motifs is 1. The van der Waals surface area contributed by atoms with Crippen LogP contribution in [0.3, 0.4) is 0 Å². The predicted molar refractivity (Wildman–Crippen MR) is 80.6 cm³/mol. The first-order valence-corrected chi connectivity index (χ1v) is 6.29. The van der Waals surface area contributed by atoms with E-state index in [0.717, 1.165) is 0 Å². The highest BCUT2D eigenvalue weighted by Gasteiger charge is 2.12. The van der Waals surface area contributed by atoms with Crippen molar-refractivity contribution in [3.8, 4) is 6.07 Å². The summed E-state index contributed by atoms with van der Waals surface area (Å²) in [4.78, 5) is 4.19. The number of hydrogen-bond acceptors (Lipinski definition) is 4. The fourth-order valence-corrected chi connectivity index (χ4v) is 2.17. The topological polar surface area (TPSA) is 74.7 Å². The molecular formula is C16H11FN4. The molecule has 3 N–H and O–H groups in total. The summed E-state index contributed by atoms with van der Waals surface area (Å²) in [6.07, 6.45) is 1.58. The number of pyridine rings is 1. The highest BCUT2D eigenvalue weighted by Crippen LogP contribution is 2.31. The van der Waals surface area contributed by atoms with Gasteiger partial charge < -0.3 is 11.1 Å². The Labute approximate surface area is 120 Å². The molecule has 0 radical (unpaired) electrons. The summed E-state index contributed by atoms with van der Waals surface area (Å²) >= 11 is 0. The van der Waals surface area contributed by atoms with Gasteiger partial charge in [-0.2, -0.15) is 5.26 Å². The lowest BCUT2D eigenvalue weighted by atomic mass is 10.1. The number of nitrogens with one attached hydrogen (secondary N) is 1. The van der Waals surface area contributed by atoms with Crippen molar-refractivity contribution in [1.29, 1.82) is 5.26 Å². The van der Waals surface area contributed by atoms with Crippen molar-refractivity contribution in [3.05, 3.63) is 60.0 Å². The lowest BCUT2D eigenvalue weighted by molar-refractivity contribution is 0.634. The molecule has 1 aromatic heterocycles. The Balaban J connectivity index is 2.14. The third-order valence-electron chi connectivity index (χ3n) is 3.14. The number of benzene rings is 2. The molecule has 0 spiro atoms. The van der Waals surface area contributed by atoms with E-state index in [4.69, 9.17) is 11.0 Å². The molecule has 0 aliphatic carbocycles. The monoisotopic (exact) mass is 278 g/mol. The number of hydrogen-bond donors (Lipinski definition) is 2. The minimum absolute atomic E-state index is 0.245. The maximum Gasteiger partial charge on any atom is 0.150 e. The van der Waals surface area contributed by atoms with Crippen LogP contribution in [0.5, 0.6) is 0 Å². The highest BCUT2D eigenvalue weighted by atomic mass is 19.1. The second kappa shape index (κ2) is 5.10. The van der Waals surface area contributed by atoms with Crippen molar-refractivity contribution in [1.82, 2.24) is 4.98 Å². The Morgan fingerprint density at radius 3 is 2.86 bits per heavy atom. The summed E-state index contributed by atoms with van der Waals surface area (Å²) in [5, 5.41) is 12.6. The Kier molecular flexibility index (Phi) is 3.13. The number of halogens is 1. The highest BCUT2D eigenvalue weighted by molar-refractivity contribution is 5.99. The van der Waals surface area contributed by atoms with Gasteiger partial charge in [0.1, 0.15) is 5.69 Å². The molecule has 0 fully saturated rings. The lowest BCUT2D eigenvalue weighted by Crippen LogP contribution is -1.99. The molecule has 0 saturated heterocycles. The van der Waals surface area contributed by atoms with Crippen molar-refractivity contribution in [2.24, 2.45) is 0 Å². The number of nitriles is 1. The first-order valence-electron chi connectivity index (χ1n) is 6.29. The summed E-state index contributed by atoms with van der Waals surface area (Å²) < 4.78 is 14.2. The van der Waals surface area contributed by atoms with E-state index in [-0.39, 0.29) is 5.69 Å². The van der Waals surface area contributed by atoms with Gasteiger partial charge in [0.25, 0.3) is 0 Å². The normalized spacial score (nSPS) is 10.3. The second-order valence-electron chi connectivity index (χ2n) is 4.54. The van der Waals surface area contributed by atoms with Crippen LogP contribution in [0.2, 0.25) is 0 Å². The molecule has 0 aliphatic rings. The van der Waals surface area contributed by atoms with Crippen molar-refractivity contribution in [3.63, 3.8) is 0 Å². The van der Waals surface area contributed by atoms with Crippen LogP contribution < -0.4 is 11.1 Å². The molecule has 5 heteroatoms. The maximum absolute atomic E-state index is 14.2. The van der Waals surface area contributed by atoms with Gasteiger partial charge in [-0.3, -0.25) is 4.98 Å². The number of nitrogens with two attached hydrogens (primary N) is 1. The molecule has 4 nitrogen and oxygen atoms in total. The van der Waals surface area contributed by atoms with E-state index in [9.17, 15) is 4.39 Å². The van der Waals surface area contributed by atoms with Crippen molar-refractivity contribution in [2.45, 2.75) is 0 Å². The van der Waals surface area contributed by atoms with E-state index < -0.39 is 5.82 Å². The van der Waals surface area contributed by atoms with Crippen LogP contribution in [0.25, 0.3) is 10.9 Å². The van der Waals surface area contributed by atoms with Crippen LogP contribution in [0.4, 0.5) is 21.5 Å². The van der Waals surface area contributed by atoms with Gasteiger partial charge in [-0.15, -0.1) is 0 Å². The van der Waals surface area contributed by atoms with Crippen LogP contribution >= 0.6 is 0 Å². The number of nitrogen functional groups attached to an aromatic ring is 1. The molecule has 0 amide bonds. The average Bonchev–Trinajstić information content (AvgIpc) is 2.51. The molecule has 102 valence electrons. The number of nitrogens with zero attached hydrogens (tertiary/aromatic N) is 2. The van der Waals surface area contributed by atoms with Gasteiger partial charge in [-0.25, -0.2) is 4.39 Å². The molecule has 0 atom stereocenters. The molecular weight excluding hydrogens is 267 g/mol. The summed E-state index contributed by atoms with van der Waals surface area (Å²) in [5.74, 6) is -0.485. The summed E-state index contributed by atoms with van der Waals surface area (Å²) in [5.41, 5.74) is 7.96. The van der Waals surface area contributed by atoms with Gasteiger partial charge in [0.2, 0.25) is 0 Å². The zero-order chi connectivity index (χ0) is 14.8. The zero-order valence-corrected chi connectivity index (χ0v) is 11.0. The fraction of sp³-hybridized carbons (Fsp3) is 0. The largest absolute Gasteiger partial charge is 0.398 e. The van der Waals surface area contributed by atoms with E-state index in [1.54, 1.807) is 42.6 Å². The Morgan fingerprint density at radius 1 is 1.19 bits per heavy atom. The van der Waals surface area contributed by atoms with E-state index in [2.05, 4.69) is 10.3 Å². The molecule has 2 aromatic carbocycles. The Morgan fingerprint density at radius 2 is 2.05 bits per heavy atom. The summed E-state index contributed by atoms with van der Waals surface area (Å²) in [7, 11) is 0. The van der Waals surface area contributed by atoms with Crippen LogP contribution in [0.15, 0.2) is 48.7 Å². The standard InChI is InChI=1S/C16H11FN4/c17-13-8-14(19)12-5-2-6-20-15(12)16(13)21-11-4-1-3-10(7-11)9-18/h1-8,21H,19H2. The SMILES string of the molecule is N#Cc1cccc(Nc2c(F)cc(N)c3cccnc23)c1. The van der Waals surface area contributed by atoms with Gasteiger partial charge >= 0.3 is 0 Å². The van der Waals surface area contributed by atoms with E-state index in [0.29, 0.717) is 27.8 Å². The third-order valence-corrected chi connectivity index (χ3v) is 3.14. The fourth-order valence-electron chi connectivity index (χ4n) is 2.17. The molecule has 1 heterocycles. The van der Waals surface area contributed by atoms with Gasteiger partial charge in [-0.1, -0.05) is 6.07 Å². The number of anilines is 3. The molecule has 0 saturated carbocycles. The molecule has 0 aliphatic heterocycles. The van der Waals surface area contributed by atoms with Crippen molar-refractivity contribution >= 4 is 28.0 Å². The lowest BCUT2D eigenvalue weighted by Gasteiger charge is -2.12.